The van der Waals surface area contributed by atoms with Gasteiger partial charge in [-0.15, -0.1) is 0 Å². The van der Waals surface area contributed by atoms with Gasteiger partial charge in [0, 0.05) is 31.9 Å². The summed E-state index contributed by atoms with van der Waals surface area (Å²) in [6.45, 7) is 6.60. The Morgan fingerprint density at radius 2 is 1.80 bits per heavy atom. The zero-order chi connectivity index (χ0) is 15.0. The maximum absolute atomic E-state index is 11.9. The Bertz CT molecular complexity index is 486. The summed E-state index contributed by atoms with van der Waals surface area (Å²) in [6, 6.07) is 6.97. The molecule has 0 unspecified atom stereocenters. The average Bonchev–Trinajstić information content (AvgIpc) is 2.43. The highest BCUT2D eigenvalue weighted by Gasteiger charge is 2.13. The highest BCUT2D eigenvalue weighted by Crippen LogP contribution is 2.18. The van der Waals surface area contributed by atoms with Crippen molar-refractivity contribution in [2.24, 2.45) is 5.73 Å². The van der Waals surface area contributed by atoms with Crippen molar-refractivity contribution in [1.29, 1.82) is 0 Å². The zero-order valence-electron chi connectivity index (χ0n) is 12.3. The summed E-state index contributed by atoms with van der Waals surface area (Å²) in [5.41, 5.74) is 6.64. The second-order valence-electron chi connectivity index (χ2n) is 4.62. The SMILES string of the molecule is CCCCN(CCN)c1ccc(S(=O)(=O)NCC)cc1. The molecule has 114 valence electrons. The van der Waals surface area contributed by atoms with Crippen LogP contribution in [0.2, 0.25) is 0 Å². The maximum atomic E-state index is 11.9. The van der Waals surface area contributed by atoms with E-state index < -0.39 is 10.0 Å². The highest BCUT2D eigenvalue weighted by atomic mass is 32.2. The van der Waals surface area contributed by atoms with Crippen molar-refractivity contribution in [2.75, 3.05) is 31.1 Å². The van der Waals surface area contributed by atoms with Gasteiger partial charge in [-0.05, 0) is 30.7 Å². The van der Waals surface area contributed by atoms with E-state index in [0.29, 0.717) is 18.0 Å². The minimum atomic E-state index is -3.38. The summed E-state index contributed by atoms with van der Waals surface area (Å²) in [6.07, 6.45) is 2.21. The van der Waals surface area contributed by atoms with Crippen LogP contribution in [0, 0.1) is 0 Å². The van der Waals surface area contributed by atoms with Gasteiger partial charge in [-0.2, -0.15) is 0 Å². The number of unbranched alkanes of at least 4 members (excludes halogenated alkanes) is 1. The van der Waals surface area contributed by atoms with Gasteiger partial charge in [0.25, 0.3) is 0 Å². The van der Waals surface area contributed by atoms with E-state index >= 15 is 0 Å². The molecule has 0 aliphatic carbocycles. The Balaban J connectivity index is 2.87. The minimum Gasteiger partial charge on any atom is -0.370 e. The zero-order valence-corrected chi connectivity index (χ0v) is 13.1. The first-order chi connectivity index (χ1) is 9.55. The summed E-state index contributed by atoms with van der Waals surface area (Å²) in [5.74, 6) is 0. The molecular formula is C14H25N3O2S. The van der Waals surface area contributed by atoms with Crippen LogP contribution < -0.4 is 15.4 Å². The van der Waals surface area contributed by atoms with Crippen molar-refractivity contribution in [3.63, 3.8) is 0 Å². The molecule has 6 heteroatoms. The van der Waals surface area contributed by atoms with E-state index in [4.69, 9.17) is 5.73 Å². The molecule has 0 saturated heterocycles. The molecule has 0 bridgehead atoms. The lowest BCUT2D eigenvalue weighted by Crippen LogP contribution is -2.30. The van der Waals surface area contributed by atoms with E-state index in [9.17, 15) is 8.42 Å². The summed E-state index contributed by atoms with van der Waals surface area (Å²) in [5, 5.41) is 0. The maximum Gasteiger partial charge on any atom is 0.240 e. The third-order valence-corrected chi connectivity index (χ3v) is 4.59. The van der Waals surface area contributed by atoms with E-state index in [1.807, 2.05) is 12.1 Å². The van der Waals surface area contributed by atoms with Crippen LogP contribution in [0.25, 0.3) is 0 Å². The van der Waals surface area contributed by atoms with Crippen LogP contribution >= 0.6 is 0 Å². The minimum absolute atomic E-state index is 0.297. The quantitative estimate of drug-likeness (QED) is 0.725. The van der Waals surface area contributed by atoms with Crippen LogP contribution in [0.3, 0.4) is 0 Å². The van der Waals surface area contributed by atoms with Crippen molar-refractivity contribution < 1.29 is 8.42 Å². The van der Waals surface area contributed by atoms with Gasteiger partial charge in [0.15, 0.2) is 0 Å². The normalized spacial score (nSPS) is 11.6. The van der Waals surface area contributed by atoms with Crippen LogP contribution in [0.15, 0.2) is 29.2 Å². The molecule has 20 heavy (non-hydrogen) atoms. The number of rotatable bonds is 9. The van der Waals surface area contributed by atoms with Crippen molar-refractivity contribution in [1.82, 2.24) is 4.72 Å². The van der Waals surface area contributed by atoms with Crippen molar-refractivity contribution >= 4 is 15.7 Å². The third-order valence-electron chi connectivity index (χ3n) is 3.03. The van der Waals surface area contributed by atoms with E-state index in [-0.39, 0.29) is 0 Å². The van der Waals surface area contributed by atoms with Crippen LogP contribution in [-0.2, 0) is 10.0 Å². The number of anilines is 1. The molecule has 0 fully saturated rings. The number of nitrogens with one attached hydrogen (secondary N) is 1. The molecule has 0 amide bonds. The van der Waals surface area contributed by atoms with Crippen molar-refractivity contribution in [2.45, 2.75) is 31.6 Å². The Morgan fingerprint density at radius 3 is 2.30 bits per heavy atom. The molecule has 0 spiro atoms. The first-order valence-electron chi connectivity index (χ1n) is 7.10. The van der Waals surface area contributed by atoms with Gasteiger partial charge >= 0.3 is 0 Å². The molecule has 0 aromatic heterocycles. The molecule has 0 aliphatic rings. The van der Waals surface area contributed by atoms with Gasteiger partial charge in [-0.1, -0.05) is 20.3 Å². The number of nitrogens with two attached hydrogens (primary N) is 1. The predicted molar refractivity (Wildman–Crippen MR) is 83.5 cm³/mol. The molecule has 0 saturated carbocycles. The topological polar surface area (TPSA) is 75.4 Å². The van der Waals surface area contributed by atoms with Crippen molar-refractivity contribution in [3.05, 3.63) is 24.3 Å². The third kappa shape index (κ3) is 4.77. The highest BCUT2D eigenvalue weighted by molar-refractivity contribution is 7.89. The summed E-state index contributed by atoms with van der Waals surface area (Å²) >= 11 is 0. The molecule has 1 rings (SSSR count). The van der Waals surface area contributed by atoms with E-state index in [2.05, 4.69) is 16.5 Å². The van der Waals surface area contributed by atoms with Crippen LogP contribution in [-0.4, -0.2) is 34.6 Å². The Kier molecular flexibility index (Phi) is 6.98. The van der Waals surface area contributed by atoms with Gasteiger partial charge in [-0.3, -0.25) is 0 Å². The fourth-order valence-electron chi connectivity index (χ4n) is 1.98. The van der Waals surface area contributed by atoms with Crippen molar-refractivity contribution in [3.8, 4) is 0 Å². The number of hydrogen-bond donors (Lipinski definition) is 2. The van der Waals surface area contributed by atoms with Gasteiger partial charge in [0.1, 0.15) is 0 Å². The van der Waals surface area contributed by atoms with Gasteiger partial charge in [0.05, 0.1) is 4.90 Å². The number of sulfonamides is 1. The van der Waals surface area contributed by atoms with E-state index in [1.165, 1.54) is 0 Å². The van der Waals surface area contributed by atoms with Gasteiger partial charge in [-0.25, -0.2) is 13.1 Å². The largest absolute Gasteiger partial charge is 0.370 e. The lowest BCUT2D eigenvalue weighted by molar-refractivity contribution is 0.584. The Hall–Kier alpha value is -1.11. The van der Waals surface area contributed by atoms with Crippen LogP contribution in [0.4, 0.5) is 5.69 Å². The Morgan fingerprint density at radius 1 is 1.15 bits per heavy atom. The molecule has 1 aromatic rings. The molecule has 1 aromatic carbocycles. The lowest BCUT2D eigenvalue weighted by Gasteiger charge is -2.24. The number of benzene rings is 1. The molecule has 0 atom stereocenters. The molecular weight excluding hydrogens is 274 g/mol. The van der Waals surface area contributed by atoms with Gasteiger partial charge in [0.2, 0.25) is 10.0 Å². The molecule has 0 radical (unpaired) electrons. The number of nitrogens with zero attached hydrogens (tertiary/aromatic N) is 1. The summed E-state index contributed by atoms with van der Waals surface area (Å²) in [7, 11) is -3.38. The fourth-order valence-corrected chi connectivity index (χ4v) is 3.03. The molecule has 0 heterocycles. The van der Waals surface area contributed by atoms with E-state index in [0.717, 1.165) is 31.6 Å². The smallest absolute Gasteiger partial charge is 0.240 e. The molecule has 0 aliphatic heterocycles. The first-order valence-corrected chi connectivity index (χ1v) is 8.58. The first kappa shape index (κ1) is 16.9. The summed E-state index contributed by atoms with van der Waals surface area (Å²) in [4.78, 5) is 2.49. The lowest BCUT2D eigenvalue weighted by atomic mass is 10.2. The molecule has 3 N–H and O–H groups in total. The summed E-state index contributed by atoms with van der Waals surface area (Å²) < 4.78 is 26.2. The average molecular weight is 299 g/mol. The Labute approximate surface area is 122 Å². The van der Waals surface area contributed by atoms with Crippen LogP contribution in [0.1, 0.15) is 26.7 Å². The van der Waals surface area contributed by atoms with E-state index in [1.54, 1.807) is 19.1 Å². The van der Waals surface area contributed by atoms with Crippen LogP contribution in [0.5, 0.6) is 0 Å². The van der Waals surface area contributed by atoms with Gasteiger partial charge < -0.3 is 10.6 Å². The number of hydrogen-bond acceptors (Lipinski definition) is 4. The second-order valence-corrected chi connectivity index (χ2v) is 6.39. The second kappa shape index (κ2) is 8.24. The monoisotopic (exact) mass is 299 g/mol. The predicted octanol–water partition coefficient (Wildman–Crippen LogP) is 1.55. The fraction of sp³-hybridized carbons (Fsp3) is 0.571. The standard InChI is InChI=1S/C14H25N3O2S/c1-3-5-11-17(12-10-15)13-6-8-14(9-7-13)20(18,19)16-4-2/h6-9,16H,3-5,10-12,15H2,1-2H3. The molecule has 5 nitrogen and oxygen atoms in total.